The summed E-state index contributed by atoms with van der Waals surface area (Å²) in [4.78, 5) is 17.4. The number of rotatable bonds is 2. The van der Waals surface area contributed by atoms with Crippen molar-refractivity contribution in [2.45, 2.75) is 0 Å². The lowest BCUT2D eigenvalue weighted by atomic mass is 10.0. The summed E-state index contributed by atoms with van der Waals surface area (Å²) >= 11 is 12.2. The lowest BCUT2D eigenvalue weighted by molar-refractivity contribution is -0.110. The lowest BCUT2D eigenvalue weighted by Crippen LogP contribution is -2.04. The van der Waals surface area contributed by atoms with Gasteiger partial charge in [-0.05, 0) is 48.5 Å². The van der Waals surface area contributed by atoms with Gasteiger partial charge in [-0.2, -0.15) is 0 Å². The van der Waals surface area contributed by atoms with Crippen LogP contribution in [0.5, 0.6) is 0 Å². The van der Waals surface area contributed by atoms with Crippen LogP contribution in [0.2, 0.25) is 10.0 Å². The molecule has 0 atom stereocenters. The van der Waals surface area contributed by atoms with Crippen LogP contribution in [0.3, 0.4) is 0 Å². The third kappa shape index (κ3) is 2.78. The molecule has 1 N–H and O–H groups in total. The van der Waals surface area contributed by atoms with Gasteiger partial charge in [-0.1, -0.05) is 41.4 Å². The third-order valence-corrected chi connectivity index (χ3v) is 5.22. The van der Waals surface area contributed by atoms with Crippen LogP contribution in [0.1, 0.15) is 11.3 Å². The van der Waals surface area contributed by atoms with Crippen LogP contribution in [-0.4, -0.2) is 15.3 Å². The maximum atomic E-state index is 12.6. The summed E-state index contributed by atoms with van der Waals surface area (Å²) < 4.78 is 1.97. The molecule has 28 heavy (non-hydrogen) atoms. The summed E-state index contributed by atoms with van der Waals surface area (Å²) in [5.41, 5.74) is 5.40. The number of aromatic nitrogens is 2. The smallest absolute Gasteiger partial charge is 0.256 e. The van der Waals surface area contributed by atoms with Gasteiger partial charge in [-0.25, -0.2) is 4.98 Å². The summed E-state index contributed by atoms with van der Waals surface area (Å²) in [7, 11) is 0. The van der Waals surface area contributed by atoms with E-state index in [9.17, 15) is 4.79 Å². The van der Waals surface area contributed by atoms with Crippen LogP contribution in [0.4, 0.5) is 5.69 Å². The highest BCUT2D eigenvalue weighted by atomic mass is 35.5. The molecule has 1 amide bonds. The number of imidazole rings is 1. The first-order valence-electron chi connectivity index (χ1n) is 8.66. The predicted molar refractivity (Wildman–Crippen MR) is 114 cm³/mol. The Morgan fingerprint density at radius 1 is 0.964 bits per heavy atom. The largest absolute Gasteiger partial charge is 0.321 e. The van der Waals surface area contributed by atoms with Gasteiger partial charge in [0.25, 0.3) is 5.91 Å². The molecule has 0 spiro atoms. The Hall–Kier alpha value is -3.08. The first-order chi connectivity index (χ1) is 13.6. The zero-order valence-corrected chi connectivity index (χ0v) is 16.0. The summed E-state index contributed by atoms with van der Waals surface area (Å²) in [6.45, 7) is 0. The Balaban J connectivity index is 1.77. The van der Waals surface area contributed by atoms with Crippen molar-refractivity contribution in [1.29, 1.82) is 0 Å². The molecule has 4 nitrogen and oxygen atoms in total. The summed E-state index contributed by atoms with van der Waals surface area (Å²) in [5.74, 6) is -0.162. The molecule has 6 heteroatoms. The fourth-order valence-corrected chi connectivity index (χ4v) is 3.71. The third-order valence-electron chi connectivity index (χ3n) is 4.73. The number of pyridine rings is 1. The quantitative estimate of drug-likeness (QED) is 0.428. The van der Waals surface area contributed by atoms with E-state index in [1.165, 1.54) is 0 Å². The number of nitrogens with one attached hydrogen (secondary N) is 1. The van der Waals surface area contributed by atoms with Gasteiger partial charge in [0.2, 0.25) is 0 Å². The highest BCUT2D eigenvalue weighted by molar-refractivity contribution is 6.37. The van der Waals surface area contributed by atoms with Gasteiger partial charge in [-0.3, -0.25) is 9.20 Å². The Morgan fingerprint density at radius 2 is 1.75 bits per heavy atom. The molecule has 136 valence electrons. The van der Waals surface area contributed by atoms with Crippen molar-refractivity contribution in [3.05, 3.63) is 88.2 Å². The minimum absolute atomic E-state index is 0.162. The maximum Gasteiger partial charge on any atom is 0.256 e. The number of carbonyl (C=O) groups excluding carboxylic acids is 1. The average molecular weight is 406 g/mol. The van der Waals surface area contributed by atoms with E-state index in [1.807, 2.05) is 65.2 Å². The number of carbonyl (C=O) groups is 1. The predicted octanol–water partition coefficient (Wildman–Crippen LogP) is 5.80. The second-order valence-corrected chi connectivity index (χ2v) is 7.36. The summed E-state index contributed by atoms with van der Waals surface area (Å²) in [6.07, 6.45) is 3.79. The number of hydrogen-bond acceptors (Lipinski definition) is 2. The number of hydrogen-bond donors (Lipinski definition) is 1. The van der Waals surface area contributed by atoms with Crippen molar-refractivity contribution in [1.82, 2.24) is 9.38 Å². The molecule has 4 aromatic rings. The molecule has 0 saturated carbocycles. The van der Waals surface area contributed by atoms with Crippen LogP contribution in [-0.2, 0) is 4.79 Å². The Morgan fingerprint density at radius 3 is 2.57 bits per heavy atom. The van der Waals surface area contributed by atoms with Crippen molar-refractivity contribution in [2.75, 3.05) is 5.32 Å². The van der Waals surface area contributed by atoms with Crippen molar-refractivity contribution < 1.29 is 4.79 Å². The number of nitrogens with zero attached hydrogens (tertiary/aromatic N) is 2. The normalized spacial score (nSPS) is 14.5. The van der Waals surface area contributed by atoms with E-state index in [0.29, 0.717) is 15.6 Å². The van der Waals surface area contributed by atoms with E-state index >= 15 is 0 Å². The number of fused-ring (bicyclic) bond motifs is 2. The minimum Gasteiger partial charge on any atom is -0.321 e. The molecule has 0 radical (unpaired) electrons. The molecular weight excluding hydrogens is 393 g/mol. The Labute approximate surface area is 171 Å². The van der Waals surface area contributed by atoms with Gasteiger partial charge >= 0.3 is 0 Å². The molecule has 2 aromatic carbocycles. The molecule has 0 fully saturated rings. The second-order valence-electron chi connectivity index (χ2n) is 6.48. The lowest BCUT2D eigenvalue weighted by Gasteiger charge is -2.04. The molecule has 1 aliphatic heterocycles. The summed E-state index contributed by atoms with van der Waals surface area (Å²) in [6, 6.07) is 18.7. The SMILES string of the molecule is O=C1Nc2ccc(Cl)cc2/C1=C\c1c(-c2ccc(Cl)cc2)nc2ccccn12. The Kier molecular flexibility index (Phi) is 3.97. The first-order valence-corrected chi connectivity index (χ1v) is 9.42. The van der Waals surface area contributed by atoms with Crippen LogP contribution in [0, 0.1) is 0 Å². The molecule has 0 unspecified atom stereocenters. The first kappa shape index (κ1) is 17.0. The van der Waals surface area contributed by atoms with E-state index in [0.717, 1.165) is 33.8 Å². The average Bonchev–Trinajstić information content (AvgIpc) is 3.21. The van der Waals surface area contributed by atoms with Crippen molar-refractivity contribution in [3.8, 4) is 11.3 Å². The number of benzene rings is 2. The zero-order chi connectivity index (χ0) is 19.3. The van der Waals surface area contributed by atoms with Crippen LogP contribution < -0.4 is 5.32 Å². The van der Waals surface area contributed by atoms with Crippen LogP contribution >= 0.6 is 23.2 Å². The van der Waals surface area contributed by atoms with Gasteiger partial charge in [0.15, 0.2) is 0 Å². The standard InChI is InChI=1S/C22H13Cl2N3O/c23-14-6-4-13(5-7-14)21-19(27-10-2-1-3-20(27)26-21)12-17-16-11-15(24)8-9-18(16)25-22(17)28/h1-12H,(H,25,28)/b17-12+. The van der Waals surface area contributed by atoms with Crippen molar-refractivity contribution in [2.24, 2.45) is 0 Å². The second kappa shape index (κ2) is 6.51. The monoisotopic (exact) mass is 405 g/mol. The van der Waals surface area contributed by atoms with Crippen molar-refractivity contribution >= 4 is 52.1 Å². The number of anilines is 1. The zero-order valence-electron chi connectivity index (χ0n) is 14.5. The van der Waals surface area contributed by atoms with E-state index in [2.05, 4.69) is 5.32 Å². The van der Waals surface area contributed by atoms with Gasteiger partial charge in [0.05, 0.1) is 17.0 Å². The van der Waals surface area contributed by atoms with Crippen LogP contribution in [0.15, 0.2) is 66.9 Å². The van der Waals surface area contributed by atoms with E-state index in [4.69, 9.17) is 28.2 Å². The topological polar surface area (TPSA) is 46.4 Å². The fraction of sp³-hybridized carbons (Fsp3) is 0. The van der Waals surface area contributed by atoms with Crippen LogP contribution in [0.25, 0.3) is 28.6 Å². The molecule has 3 heterocycles. The minimum atomic E-state index is -0.162. The molecule has 0 saturated heterocycles. The van der Waals surface area contributed by atoms with E-state index < -0.39 is 0 Å². The maximum absolute atomic E-state index is 12.6. The molecular formula is C22H13Cl2N3O. The molecule has 1 aliphatic rings. The molecule has 2 aromatic heterocycles. The van der Waals surface area contributed by atoms with Gasteiger partial charge in [0.1, 0.15) is 5.65 Å². The molecule has 0 bridgehead atoms. The molecule has 0 aliphatic carbocycles. The fourth-order valence-electron chi connectivity index (χ4n) is 3.41. The van der Waals surface area contributed by atoms with Gasteiger partial charge in [-0.15, -0.1) is 0 Å². The molecule has 5 rings (SSSR count). The Bertz CT molecular complexity index is 1270. The van der Waals surface area contributed by atoms with E-state index in [-0.39, 0.29) is 5.91 Å². The highest BCUT2D eigenvalue weighted by Gasteiger charge is 2.25. The summed E-state index contributed by atoms with van der Waals surface area (Å²) in [5, 5.41) is 4.13. The number of amides is 1. The highest BCUT2D eigenvalue weighted by Crippen LogP contribution is 2.36. The number of halogens is 2. The van der Waals surface area contributed by atoms with E-state index in [1.54, 1.807) is 12.1 Å². The van der Waals surface area contributed by atoms with Gasteiger partial charge < -0.3 is 5.32 Å². The van der Waals surface area contributed by atoms with Crippen molar-refractivity contribution in [3.63, 3.8) is 0 Å². The van der Waals surface area contributed by atoms with Gasteiger partial charge in [0, 0.05) is 33.1 Å².